The molecular formula is C36H46N6O9S. The minimum Gasteiger partial charge on any atom is -0.472 e. The Morgan fingerprint density at radius 3 is 2.54 bits per heavy atom. The topological polar surface area (TPSA) is 193 Å². The molecule has 0 radical (unpaired) electrons. The number of hydrogen-bond donors (Lipinski definition) is 3. The van der Waals surface area contributed by atoms with Gasteiger partial charge in [0.25, 0.3) is 5.91 Å². The fraction of sp³-hybridized carbons (Fsp3) is 0.556. The molecule has 2 aliphatic carbocycles. The van der Waals surface area contributed by atoms with Crippen molar-refractivity contribution in [3.05, 3.63) is 48.7 Å². The van der Waals surface area contributed by atoms with Crippen LogP contribution in [-0.4, -0.2) is 107 Å². The van der Waals surface area contributed by atoms with Crippen LogP contribution in [0.5, 0.6) is 5.88 Å². The predicted octanol–water partition coefficient (Wildman–Crippen LogP) is 2.16. The molecule has 3 N–H and O–H groups in total. The molecule has 0 unspecified atom stereocenters. The molecule has 4 aliphatic rings. The van der Waals surface area contributed by atoms with Crippen LogP contribution in [0.15, 0.2) is 48.7 Å². The van der Waals surface area contributed by atoms with Crippen molar-refractivity contribution in [2.45, 2.75) is 101 Å². The van der Waals surface area contributed by atoms with Gasteiger partial charge in [0.15, 0.2) is 0 Å². The molecule has 5 atom stereocenters. The Hall–Kier alpha value is -4.73. The Kier molecular flexibility index (Phi) is 10.2. The van der Waals surface area contributed by atoms with Gasteiger partial charge in [-0.15, -0.1) is 0 Å². The van der Waals surface area contributed by atoms with Gasteiger partial charge in [0.2, 0.25) is 33.6 Å². The van der Waals surface area contributed by atoms with Gasteiger partial charge in [-0.3, -0.25) is 23.9 Å². The van der Waals surface area contributed by atoms with Crippen molar-refractivity contribution < 1.29 is 41.9 Å². The van der Waals surface area contributed by atoms with E-state index in [1.807, 2.05) is 36.4 Å². The summed E-state index contributed by atoms with van der Waals surface area (Å²) >= 11 is 0. The zero-order valence-electron chi connectivity index (χ0n) is 29.8. The van der Waals surface area contributed by atoms with E-state index in [4.69, 9.17) is 9.47 Å². The third-order valence-electron chi connectivity index (χ3n) is 9.73. The van der Waals surface area contributed by atoms with Crippen LogP contribution in [0.25, 0.3) is 10.8 Å². The second-order valence-corrected chi connectivity index (χ2v) is 17.0. The van der Waals surface area contributed by atoms with Crippen LogP contribution in [0.4, 0.5) is 4.79 Å². The average Bonchev–Trinajstić information content (AvgIpc) is 3.99. The highest BCUT2D eigenvalue weighted by Crippen LogP contribution is 2.46. The molecule has 52 heavy (non-hydrogen) atoms. The van der Waals surface area contributed by atoms with Crippen LogP contribution >= 0.6 is 0 Å². The number of amides is 5. The number of nitrogens with one attached hydrogen (secondary N) is 3. The van der Waals surface area contributed by atoms with Gasteiger partial charge < -0.3 is 29.9 Å². The molecule has 3 heterocycles. The Morgan fingerprint density at radius 1 is 1.08 bits per heavy atom. The average molecular weight is 739 g/mol. The van der Waals surface area contributed by atoms with Crippen molar-refractivity contribution >= 4 is 50.5 Å². The number of nitrogens with zero attached hydrogens (tertiary/aromatic N) is 3. The highest BCUT2D eigenvalue weighted by atomic mass is 32.2. The third-order valence-corrected chi connectivity index (χ3v) is 11.6. The summed E-state index contributed by atoms with van der Waals surface area (Å²) in [5, 5.41) is 6.41. The van der Waals surface area contributed by atoms with E-state index >= 15 is 0 Å². The first-order valence-electron chi connectivity index (χ1n) is 17.7. The number of sulfonamides is 1. The number of pyridine rings is 1. The van der Waals surface area contributed by atoms with Crippen LogP contribution in [-0.2, 0) is 33.9 Å². The highest BCUT2D eigenvalue weighted by Gasteiger charge is 2.62. The first kappa shape index (κ1) is 37.0. The maximum atomic E-state index is 14.6. The number of rotatable bonds is 6. The van der Waals surface area contributed by atoms with E-state index in [9.17, 15) is 32.4 Å². The van der Waals surface area contributed by atoms with Gasteiger partial charge in [-0.2, -0.15) is 0 Å². The van der Waals surface area contributed by atoms with Crippen molar-refractivity contribution in [1.82, 2.24) is 30.1 Å². The zero-order chi connectivity index (χ0) is 37.4. The zero-order valence-corrected chi connectivity index (χ0v) is 30.6. The number of allylic oxidation sites excluding steroid dienone is 1. The molecule has 6 rings (SSSR count). The molecule has 15 nitrogen and oxygen atoms in total. The van der Waals surface area contributed by atoms with Crippen molar-refractivity contribution in [2.75, 3.05) is 19.6 Å². The molecule has 2 saturated carbocycles. The molecule has 0 spiro atoms. The van der Waals surface area contributed by atoms with E-state index in [0.29, 0.717) is 31.6 Å². The Morgan fingerprint density at radius 2 is 1.83 bits per heavy atom. The molecule has 5 amide bonds. The SMILES string of the molecule is CC(=O)N1CCCC=C[C@@H]2C[C@@]2(C(=O)NS(=O)(=O)C2CC2)NC(=O)[C@@H]2C[C@@H](Oc3nccc4ccccc34)CN2C(=O)[C@@H](NC(=O)OC(C)(C)C)C1. The number of alkyl carbamates (subject to hydrolysis) is 1. The molecule has 3 fully saturated rings. The minimum absolute atomic E-state index is 0.00334. The number of hydrogen-bond acceptors (Lipinski definition) is 10. The second-order valence-electron chi connectivity index (χ2n) is 15.0. The summed E-state index contributed by atoms with van der Waals surface area (Å²) in [6, 6.07) is 6.81. The summed E-state index contributed by atoms with van der Waals surface area (Å²) in [5.41, 5.74) is -2.44. The lowest BCUT2D eigenvalue weighted by Crippen LogP contribution is -2.60. The summed E-state index contributed by atoms with van der Waals surface area (Å²) in [4.78, 5) is 75.6. The van der Waals surface area contributed by atoms with Crippen LogP contribution in [0.3, 0.4) is 0 Å². The van der Waals surface area contributed by atoms with Crippen molar-refractivity contribution in [3.63, 3.8) is 0 Å². The molecular weight excluding hydrogens is 692 g/mol. The van der Waals surface area contributed by atoms with E-state index in [1.54, 1.807) is 33.0 Å². The van der Waals surface area contributed by atoms with Gasteiger partial charge in [0.1, 0.15) is 29.3 Å². The van der Waals surface area contributed by atoms with Crippen molar-refractivity contribution in [1.29, 1.82) is 0 Å². The van der Waals surface area contributed by atoms with Gasteiger partial charge in [-0.05, 0) is 70.4 Å². The van der Waals surface area contributed by atoms with Gasteiger partial charge in [-0.1, -0.05) is 30.4 Å². The van der Waals surface area contributed by atoms with E-state index < -0.39 is 74.3 Å². The van der Waals surface area contributed by atoms with Crippen LogP contribution in [0.1, 0.15) is 66.2 Å². The minimum atomic E-state index is -3.92. The lowest BCUT2D eigenvalue weighted by Gasteiger charge is -2.32. The molecule has 1 saturated heterocycles. The number of aromatic nitrogens is 1. The van der Waals surface area contributed by atoms with Crippen molar-refractivity contribution in [2.24, 2.45) is 5.92 Å². The Balaban J connectivity index is 1.35. The lowest BCUT2D eigenvalue weighted by molar-refractivity contribution is -0.142. The number of carbonyl (C=O) groups excluding carboxylic acids is 5. The molecule has 0 bridgehead atoms. The molecule has 16 heteroatoms. The van der Waals surface area contributed by atoms with Crippen LogP contribution < -0.4 is 20.1 Å². The van der Waals surface area contributed by atoms with E-state index in [-0.39, 0.29) is 38.4 Å². The van der Waals surface area contributed by atoms with Gasteiger partial charge >= 0.3 is 6.09 Å². The van der Waals surface area contributed by atoms with Crippen LogP contribution in [0, 0.1) is 5.92 Å². The summed E-state index contributed by atoms with van der Waals surface area (Å²) in [5.74, 6) is -2.69. The summed E-state index contributed by atoms with van der Waals surface area (Å²) < 4.78 is 39.6. The lowest BCUT2D eigenvalue weighted by atomic mass is 10.1. The smallest absolute Gasteiger partial charge is 0.408 e. The maximum absolute atomic E-state index is 14.6. The predicted molar refractivity (Wildman–Crippen MR) is 189 cm³/mol. The number of benzene rings is 1. The number of ether oxygens (including phenoxy) is 2. The van der Waals surface area contributed by atoms with E-state index in [1.165, 1.54) is 16.7 Å². The molecule has 280 valence electrons. The maximum Gasteiger partial charge on any atom is 0.408 e. The Bertz CT molecular complexity index is 1890. The number of fused-ring (bicyclic) bond motifs is 3. The fourth-order valence-corrected chi connectivity index (χ4v) is 8.14. The monoisotopic (exact) mass is 738 g/mol. The van der Waals surface area contributed by atoms with E-state index in [0.717, 1.165) is 10.8 Å². The van der Waals surface area contributed by atoms with Crippen molar-refractivity contribution in [3.8, 4) is 5.88 Å². The largest absolute Gasteiger partial charge is 0.472 e. The van der Waals surface area contributed by atoms with Gasteiger partial charge in [0.05, 0.1) is 18.3 Å². The first-order valence-corrected chi connectivity index (χ1v) is 19.2. The summed E-state index contributed by atoms with van der Waals surface area (Å²) in [6.45, 7) is 6.39. The summed E-state index contributed by atoms with van der Waals surface area (Å²) in [6.07, 6.45) is 5.65. The van der Waals surface area contributed by atoms with Gasteiger partial charge in [-0.25, -0.2) is 18.2 Å². The standard InChI is InChI=1S/C36H46N6O9S/c1-22(43)41-17-9-5-6-11-24-19-36(24,33(46)40-52(48,49)26-13-14-26)39-30(44)29-18-25(50-31-27-12-8-7-10-23(27)15-16-37-31)20-42(29)32(45)28(21-41)38-34(47)51-35(2,3)4/h6-8,10-12,15-16,24-26,28-29H,5,9,13-14,17-21H2,1-4H3,(H,38,47)(H,39,44)(H,40,46)/t24-,25-,28+,29+,36-/m1/s1. The highest BCUT2D eigenvalue weighted by molar-refractivity contribution is 7.91. The molecule has 1 aromatic carbocycles. The van der Waals surface area contributed by atoms with E-state index in [2.05, 4.69) is 20.3 Å². The molecule has 2 aliphatic heterocycles. The quantitative estimate of drug-likeness (QED) is 0.370. The summed E-state index contributed by atoms with van der Waals surface area (Å²) in [7, 11) is -3.92. The molecule has 1 aromatic heterocycles. The van der Waals surface area contributed by atoms with Gasteiger partial charge in [0, 0.05) is 37.4 Å². The van der Waals surface area contributed by atoms with Crippen LogP contribution in [0.2, 0.25) is 0 Å². The Labute approximate surface area is 302 Å². The second kappa shape index (κ2) is 14.4. The molecule has 2 aromatic rings. The normalized spacial score (nSPS) is 27.0. The third kappa shape index (κ3) is 8.32. The number of carbonyl (C=O) groups is 5. The first-order chi connectivity index (χ1) is 24.6. The fourth-order valence-electron chi connectivity index (χ4n) is 6.78.